The average Bonchev–Trinajstić information content (AvgIpc) is 2.29. The molecule has 0 rings (SSSR count). The number of rotatable bonds is 7. The van der Waals surface area contributed by atoms with Gasteiger partial charge in [-0.3, -0.25) is 9.59 Å². The monoisotopic (exact) mass is 275 g/mol. The smallest absolute Gasteiger partial charge is 0.311 e. The highest BCUT2D eigenvalue weighted by Gasteiger charge is 2.21. The standard InChI is InChI=1S/C11H21N3O3S/c1-8(2)7-14(4-5-17-3)11(16)10(15)13-6-9(12)18/h8H,4-7H2,1-3H3,(H2,12,18)(H,13,15). The normalized spacial score (nSPS) is 10.2. The second kappa shape index (κ2) is 8.82. The van der Waals surface area contributed by atoms with Gasteiger partial charge in [-0.15, -0.1) is 0 Å². The van der Waals surface area contributed by atoms with Crippen LogP contribution in [0.5, 0.6) is 0 Å². The van der Waals surface area contributed by atoms with Crippen molar-refractivity contribution in [3.63, 3.8) is 0 Å². The summed E-state index contributed by atoms with van der Waals surface area (Å²) >= 11 is 4.62. The Morgan fingerprint density at radius 1 is 1.44 bits per heavy atom. The molecule has 0 fully saturated rings. The number of carbonyl (C=O) groups excluding carboxylic acids is 2. The van der Waals surface area contributed by atoms with Crippen molar-refractivity contribution in [2.45, 2.75) is 13.8 Å². The van der Waals surface area contributed by atoms with E-state index in [1.807, 2.05) is 13.8 Å². The lowest BCUT2D eigenvalue weighted by atomic mass is 10.2. The quantitative estimate of drug-likeness (QED) is 0.484. The lowest BCUT2D eigenvalue weighted by molar-refractivity contribution is -0.146. The summed E-state index contributed by atoms with van der Waals surface area (Å²) in [5.41, 5.74) is 5.25. The fraction of sp³-hybridized carbons (Fsp3) is 0.727. The molecule has 0 aliphatic rings. The molecule has 0 aromatic rings. The molecule has 0 aliphatic carbocycles. The summed E-state index contributed by atoms with van der Waals surface area (Å²) in [4.78, 5) is 25.1. The Hall–Kier alpha value is -1.21. The molecular weight excluding hydrogens is 254 g/mol. The van der Waals surface area contributed by atoms with E-state index in [4.69, 9.17) is 10.5 Å². The summed E-state index contributed by atoms with van der Waals surface area (Å²) in [6.07, 6.45) is 0. The van der Waals surface area contributed by atoms with Crippen molar-refractivity contribution < 1.29 is 14.3 Å². The third kappa shape index (κ3) is 7.18. The fourth-order valence-corrected chi connectivity index (χ4v) is 1.38. The molecule has 0 unspecified atom stereocenters. The number of hydrogen-bond acceptors (Lipinski definition) is 4. The maximum absolute atomic E-state index is 11.9. The zero-order valence-corrected chi connectivity index (χ0v) is 11.9. The molecule has 0 saturated heterocycles. The Bertz CT molecular complexity index is 308. The van der Waals surface area contributed by atoms with Crippen molar-refractivity contribution in [2.24, 2.45) is 11.7 Å². The molecule has 0 saturated carbocycles. The molecule has 7 heteroatoms. The summed E-state index contributed by atoms with van der Waals surface area (Å²) in [5, 5.41) is 2.37. The van der Waals surface area contributed by atoms with E-state index in [1.165, 1.54) is 4.90 Å². The Morgan fingerprint density at radius 2 is 2.06 bits per heavy atom. The highest BCUT2D eigenvalue weighted by molar-refractivity contribution is 7.80. The summed E-state index contributed by atoms with van der Waals surface area (Å²) in [7, 11) is 1.55. The van der Waals surface area contributed by atoms with Crippen LogP contribution in [0.3, 0.4) is 0 Å². The summed E-state index contributed by atoms with van der Waals surface area (Å²) in [6, 6.07) is 0. The number of hydrogen-bond donors (Lipinski definition) is 2. The van der Waals surface area contributed by atoms with E-state index in [0.717, 1.165) is 0 Å². The number of amides is 2. The number of nitrogens with zero attached hydrogens (tertiary/aromatic N) is 1. The van der Waals surface area contributed by atoms with Crippen molar-refractivity contribution in [1.29, 1.82) is 0 Å². The summed E-state index contributed by atoms with van der Waals surface area (Å²) in [6.45, 7) is 5.25. The van der Waals surface area contributed by atoms with Gasteiger partial charge in [-0.05, 0) is 5.92 Å². The van der Waals surface area contributed by atoms with Crippen molar-refractivity contribution in [1.82, 2.24) is 10.2 Å². The van der Waals surface area contributed by atoms with Crippen LogP contribution in [0.1, 0.15) is 13.8 Å². The zero-order chi connectivity index (χ0) is 14.1. The Morgan fingerprint density at radius 3 is 2.50 bits per heavy atom. The number of nitrogens with one attached hydrogen (secondary N) is 1. The number of nitrogens with two attached hydrogens (primary N) is 1. The topological polar surface area (TPSA) is 84.7 Å². The van der Waals surface area contributed by atoms with Crippen molar-refractivity contribution in [2.75, 3.05) is 33.4 Å². The van der Waals surface area contributed by atoms with Crippen LogP contribution < -0.4 is 11.1 Å². The van der Waals surface area contributed by atoms with Crippen LogP contribution in [-0.4, -0.2) is 55.1 Å². The fourth-order valence-electron chi connectivity index (χ4n) is 1.30. The average molecular weight is 275 g/mol. The maximum atomic E-state index is 11.9. The molecule has 0 bridgehead atoms. The summed E-state index contributed by atoms with van der Waals surface area (Å²) < 4.78 is 4.92. The molecule has 0 atom stereocenters. The van der Waals surface area contributed by atoms with E-state index in [2.05, 4.69) is 17.5 Å². The Kier molecular flexibility index (Phi) is 8.23. The van der Waals surface area contributed by atoms with Crippen molar-refractivity contribution in [3.8, 4) is 0 Å². The second-order valence-electron chi connectivity index (χ2n) is 4.29. The third-order valence-corrected chi connectivity index (χ3v) is 2.20. The molecule has 0 aromatic carbocycles. The number of thiocarbonyl (C=S) groups is 1. The van der Waals surface area contributed by atoms with Gasteiger partial charge in [0, 0.05) is 20.2 Å². The van der Waals surface area contributed by atoms with E-state index in [0.29, 0.717) is 19.7 Å². The van der Waals surface area contributed by atoms with Gasteiger partial charge in [-0.2, -0.15) is 0 Å². The Balaban J connectivity index is 4.42. The van der Waals surface area contributed by atoms with Gasteiger partial charge in [-0.1, -0.05) is 26.1 Å². The lowest BCUT2D eigenvalue weighted by Gasteiger charge is -2.23. The van der Waals surface area contributed by atoms with Crippen LogP contribution in [0.2, 0.25) is 0 Å². The highest BCUT2D eigenvalue weighted by atomic mass is 32.1. The number of methoxy groups -OCH3 is 1. The third-order valence-electron chi connectivity index (χ3n) is 2.06. The largest absolute Gasteiger partial charge is 0.392 e. The van der Waals surface area contributed by atoms with Gasteiger partial charge in [0.25, 0.3) is 0 Å². The van der Waals surface area contributed by atoms with Gasteiger partial charge in [0.1, 0.15) is 0 Å². The van der Waals surface area contributed by atoms with Crippen molar-refractivity contribution in [3.05, 3.63) is 0 Å². The van der Waals surface area contributed by atoms with Gasteiger partial charge in [0.15, 0.2) is 0 Å². The molecule has 3 N–H and O–H groups in total. The first-order valence-electron chi connectivity index (χ1n) is 5.72. The molecular formula is C11H21N3O3S. The number of carbonyl (C=O) groups is 2. The van der Waals surface area contributed by atoms with E-state index >= 15 is 0 Å². The molecule has 0 heterocycles. The molecule has 0 spiro atoms. The van der Waals surface area contributed by atoms with E-state index in [1.54, 1.807) is 7.11 Å². The minimum Gasteiger partial charge on any atom is -0.392 e. The van der Waals surface area contributed by atoms with Gasteiger partial charge in [0.05, 0.1) is 18.1 Å². The molecule has 104 valence electrons. The molecule has 6 nitrogen and oxygen atoms in total. The molecule has 0 aromatic heterocycles. The zero-order valence-electron chi connectivity index (χ0n) is 11.1. The van der Waals surface area contributed by atoms with Gasteiger partial charge < -0.3 is 20.7 Å². The number of ether oxygens (including phenoxy) is 1. The first-order valence-corrected chi connectivity index (χ1v) is 6.13. The second-order valence-corrected chi connectivity index (χ2v) is 4.81. The minimum atomic E-state index is -0.695. The van der Waals surface area contributed by atoms with Crippen LogP contribution in [0.15, 0.2) is 0 Å². The molecule has 0 radical (unpaired) electrons. The predicted molar refractivity (Wildman–Crippen MR) is 73.1 cm³/mol. The Labute approximate surface area is 113 Å². The van der Waals surface area contributed by atoms with Gasteiger partial charge >= 0.3 is 11.8 Å². The van der Waals surface area contributed by atoms with Crippen LogP contribution in [0.25, 0.3) is 0 Å². The van der Waals surface area contributed by atoms with E-state index in [-0.39, 0.29) is 17.5 Å². The molecule has 2 amide bonds. The minimum absolute atomic E-state index is 0.0275. The highest BCUT2D eigenvalue weighted by Crippen LogP contribution is 1.99. The van der Waals surface area contributed by atoms with Gasteiger partial charge in [0.2, 0.25) is 0 Å². The van der Waals surface area contributed by atoms with E-state index in [9.17, 15) is 9.59 Å². The van der Waals surface area contributed by atoms with E-state index < -0.39 is 11.8 Å². The predicted octanol–water partition coefficient (Wildman–Crippen LogP) is -0.480. The molecule has 18 heavy (non-hydrogen) atoms. The summed E-state index contributed by atoms with van der Waals surface area (Å²) in [5.74, 6) is -1.01. The van der Waals surface area contributed by atoms with Crippen LogP contribution >= 0.6 is 12.2 Å². The maximum Gasteiger partial charge on any atom is 0.311 e. The van der Waals surface area contributed by atoms with Crippen LogP contribution in [0.4, 0.5) is 0 Å². The van der Waals surface area contributed by atoms with Crippen LogP contribution in [0, 0.1) is 5.92 Å². The van der Waals surface area contributed by atoms with Gasteiger partial charge in [-0.25, -0.2) is 0 Å². The van der Waals surface area contributed by atoms with Crippen molar-refractivity contribution >= 4 is 29.0 Å². The first-order chi connectivity index (χ1) is 8.38. The molecule has 0 aliphatic heterocycles. The first kappa shape index (κ1) is 16.8. The lowest BCUT2D eigenvalue weighted by Crippen LogP contribution is -2.47. The SMILES string of the molecule is COCCN(CC(C)C)C(=O)C(=O)NCC(N)=S. The van der Waals surface area contributed by atoms with Crippen LogP contribution in [-0.2, 0) is 14.3 Å².